The van der Waals surface area contributed by atoms with Gasteiger partial charge in [0.1, 0.15) is 0 Å². The van der Waals surface area contributed by atoms with Crippen molar-refractivity contribution >= 4 is 5.91 Å². The highest BCUT2D eigenvalue weighted by molar-refractivity contribution is 5.77. The molecule has 7 heteroatoms. The van der Waals surface area contributed by atoms with Crippen molar-refractivity contribution in [1.82, 2.24) is 30.8 Å². The monoisotopic (exact) mass is 260 g/mol. The van der Waals surface area contributed by atoms with Crippen LogP contribution in [-0.4, -0.2) is 32.7 Å². The van der Waals surface area contributed by atoms with Gasteiger partial charge in [-0.05, 0) is 10.8 Å². The number of aryl methyl sites for hydroxylation is 1. The van der Waals surface area contributed by atoms with Gasteiger partial charge in [-0.3, -0.25) is 4.79 Å². The Balaban J connectivity index is 1.65. The van der Waals surface area contributed by atoms with Crippen LogP contribution in [0.4, 0.5) is 0 Å². The first kappa shape index (κ1) is 13.2. The molecule has 0 aliphatic rings. The predicted molar refractivity (Wildman–Crippen MR) is 68.8 cm³/mol. The lowest BCUT2D eigenvalue weighted by molar-refractivity contribution is -0.120. The van der Waals surface area contributed by atoms with Gasteiger partial charge in [-0.1, -0.05) is 30.3 Å². The van der Waals surface area contributed by atoms with Crippen molar-refractivity contribution in [2.45, 2.75) is 13.1 Å². The molecule has 0 atom stereocenters. The third-order valence-corrected chi connectivity index (χ3v) is 2.45. The van der Waals surface area contributed by atoms with Crippen LogP contribution in [-0.2, 0) is 24.9 Å². The summed E-state index contributed by atoms with van der Waals surface area (Å²) >= 11 is 0. The molecule has 1 heterocycles. The topological polar surface area (TPSA) is 84.7 Å². The molecule has 0 aliphatic heterocycles. The fourth-order valence-corrected chi connectivity index (χ4v) is 1.54. The van der Waals surface area contributed by atoms with E-state index in [0.717, 1.165) is 5.56 Å². The van der Waals surface area contributed by atoms with Crippen molar-refractivity contribution < 1.29 is 4.79 Å². The first-order valence-corrected chi connectivity index (χ1v) is 5.98. The summed E-state index contributed by atoms with van der Waals surface area (Å²) in [5.74, 6) is 0.506. The number of hydrogen-bond acceptors (Lipinski definition) is 5. The molecule has 1 amide bonds. The first-order chi connectivity index (χ1) is 9.24. The third-order valence-electron chi connectivity index (χ3n) is 2.45. The number of benzene rings is 1. The van der Waals surface area contributed by atoms with Crippen molar-refractivity contribution in [3.63, 3.8) is 0 Å². The molecule has 7 nitrogen and oxygen atoms in total. The first-order valence-electron chi connectivity index (χ1n) is 5.98. The zero-order valence-corrected chi connectivity index (χ0v) is 10.7. The van der Waals surface area contributed by atoms with E-state index in [1.165, 1.54) is 4.80 Å². The second-order valence-electron chi connectivity index (χ2n) is 4.06. The Morgan fingerprint density at radius 1 is 1.26 bits per heavy atom. The summed E-state index contributed by atoms with van der Waals surface area (Å²) in [6, 6.07) is 9.77. The second-order valence-corrected chi connectivity index (χ2v) is 4.06. The molecule has 1 aromatic carbocycles. The molecule has 0 radical (unpaired) electrons. The van der Waals surface area contributed by atoms with E-state index in [9.17, 15) is 4.79 Å². The number of nitrogens with one attached hydrogen (secondary N) is 2. The highest BCUT2D eigenvalue weighted by Crippen LogP contribution is 1.96. The number of nitrogens with zero attached hydrogens (tertiary/aromatic N) is 4. The number of carbonyl (C=O) groups excluding carboxylic acids is 1. The van der Waals surface area contributed by atoms with Gasteiger partial charge in [0.2, 0.25) is 5.91 Å². The third kappa shape index (κ3) is 4.47. The molecular weight excluding hydrogens is 244 g/mol. The molecule has 2 rings (SSSR count). The van der Waals surface area contributed by atoms with Gasteiger partial charge in [0.25, 0.3) is 0 Å². The van der Waals surface area contributed by atoms with Crippen molar-refractivity contribution in [1.29, 1.82) is 0 Å². The van der Waals surface area contributed by atoms with Crippen molar-refractivity contribution in [3.8, 4) is 0 Å². The van der Waals surface area contributed by atoms with E-state index in [4.69, 9.17) is 0 Å². The summed E-state index contributed by atoms with van der Waals surface area (Å²) in [4.78, 5) is 13.0. The fraction of sp³-hybridized carbons (Fsp3) is 0.333. The quantitative estimate of drug-likeness (QED) is 0.739. The minimum Gasteiger partial charge on any atom is -0.351 e. The summed E-state index contributed by atoms with van der Waals surface area (Å²) in [6.07, 6.45) is 0. The van der Waals surface area contributed by atoms with Gasteiger partial charge in [-0.2, -0.15) is 4.80 Å². The van der Waals surface area contributed by atoms with Crippen LogP contribution in [0.25, 0.3) is 0 Å². The van der Waals surface area contributed by atoms with Crippen LogP contribution in [0.15, 0.2) is 30.3 Å². The summed E-state index contributed by atoms with van der Waals surface area (Å²) in [5.41, 5.74) is 1.08. The van der Waals surface area contributed by atoms with Gasteiger partial charge in [-0.25, -0.2) is 0 Å². The lowest BCUT2D eigenvalue weighted by atomic mass is 10.2. The Hall–Kier alpha value is -2.28. The molecule has 0 fully saturated rings. The van der Waals surface area contributed by atoms with Crippen LogP contribution in [0.2, 0.25) is 0 Å². The number of amides is 1. The van der Waals surface area contributed by atoms with Gasteiger partial charge >= 0.3 is 0 Å². The van der Waals surface area contributed by atoms with Crippen LogP contribution < -0.4 is 10.6 Å². The molecule has 0 saturated carbocycles. The molecule has 1 aromatic heterocycles. The van der Waals surface area contributed by atoms with Crippen LogP contribution in [0.3, 0.4) is 0 Å². The molecule has 2 N–H and O–H groups in total. The molecule has 0 unspecified atom stereocenters. The van der Waals surface area contributed by atoms with Crippen LogP contribution in [0.5, 0.6) is 0 Å². The lowest BCUT2D eigenvalue weighted by Gasteiger charge is -2.05. The molecular formula is C12H16N6O. The van der Waals surface area contributed by atoms with E-state index in [1.807, 2.05) is 30.3 Å². The zero-order chi connectivity index (χ0) is 13.5. The number of tetrazole rings is 1. The largest absolute Gasteiger partial charge is 0.351 e. The minimum atomic E-state index is -0.0623. The predicted octanol–water partition coefficient (Wildman–Crippen LogP) is -0.384. The van der Waals surface area contributed by atoms with Crippen molar-refractivity contribution in [3.05, 3.63) is 41.7 Å². The zero-order valence-electron chi connectivity index (χ0n) is 10.7. The highest BCUT2D eigenvalue weighted by atomic mass is 16.1. The number of aromatic nitrogens is 4. The van der Waals surface area contributed by atoms with Gasteiger partial charge in [0.15, 0.2) is 5.82 Å². The maximum Gasteiger partial charge on any atom is 0.234 e. The molecule has 0 spiro atoms. The van der Waals surface area contributed by atoms with Crippen LogP contribution in [0.1, 0.15) is 11.4 Å². The molecule has 0 bridgehead atoms. The molecule has 100 valence electrons. The Kier molecular flexibility index (Phi) is 4.57. The molecule has 0 saturated heterocycles. The van der Waals surface area contributed by atoms with E-state index < -0.39 is 0 Å². The summed E-state index contributed by atoms with van der Waals surface area (Å²) in [7, 11) is 1.70. The highest BCUT2D eigenvalue weighted by Gasteiger charge is 2.03. The second kappa shape index (κ2) is 6.60. The molecule has 0 aliphatic carbocycles. The Bertz CT molecular complexity index is 524. The maximum atomic E-state index is 11.6. The van der Waals surface area contributed by atoms with Gasteiger partial charge in [-0.15, -0.1) is 10.2 Å². The standard InChI is InChI=1S/C12H16N6O/c1-18-16-11(15-17-18)8-13-9-12(19)14-7-10-5-3-2-4-6-10/h2-6,13H,7-9H2,1H3,(H,14,19). The van der Waals surface area contributed by atoms with E-state index >= 15 is 0 Å². The van der Waals surface area contributed by atoms with Crippen LogP contribution in [0, 0.1) is 0 Å². The van der Waals surface area contributed by atoms with Crippen LogP contribution >= 0.6 is 0 Å². The van der Waals surface area contributed by atoms with E-state index in [1.54, 1.807) is 7.05 Å². The number of carbonyl (C=O) groups is 1. The number of hydrogen-bond donors (Lipinski definition) is 2. The van der Waals surface area contributed by atoms with Gasteiger partial charge < -0.3 is 10.6 Å². The smallest absolute Gasteiger partial charge is 0.234 e. The SMILES string of the molecule is Cn1nnc(CNCC(=O)NCc2ccccc2)n1. The average molecular weight is 260 g/mol. The maximum absolute atomic E-state index is 11.6. The van der Waals surface area contributed by atoms with E-state index in [-0.39, 0.29) is 12.5 Å². The number of rotatable bonds is 6. The Labute approximate surface area is 111 Å². The summed E-state index contributed by atoms with van der Waals surface area (Å²) in [5, 5.41) is 17.3. The Morgan fingerprint density at radius 3 is 2.74 bits per heavy atom. The van der Waals surface area contributed by atoms with E-state index in [2.05, 4.69) is 26.0 Å². The van der Waals surface area contributed by atoms with E-state index in [0.29, 0.717) is 18.9 Å². The molecule has 2 aromatic rings. The van der Waals surface area contributed by atoms with Crippen molar-refractivity contribution in [2.24, 2.45) is 7.05 Å². The minimum absolute atomic E-state index is 0.0623. The van der Waals surface area contributed by atoms with Crippen molar-refractivity contribution in [2.75, 3.05) is 6.54 Å². The lowest BCUT2D eigenvalue weighted by Crippen LogP contribution is -2.33. The normalized spacial score (nSPS) is 10.4. The molecule has 19 heavy (non-hydrogen) atoms. The summed E-state index contributed by atoms with van der Waals surface area (Å²) in [6.45, 7) is 1.18. The van der Waals surface area contributed by atoms with Gasteiger partial charge in [0.05, 0.1) is 20.1 Å². The average Bonchev–Trinajstić information content (AvgIpc) is 2.83. The Morgan fingerprint density at radius 2 is 2.05 bits per heavy atom. The van der Waals surface area contributed by atoms with Gasteiger partial charge in [0, 0.05) is 6.54 Å². The fourth-order valence-electron chi connectivity index (χ4n) is 1.54. The summed E-state index contributed by atoms with van der Waals surface area (Å²) < 4.78 is 0.